The van der Waals surface area contributed by atoms with E-state index in [1.54, 1.807) is 0 Å². The third kappa shape index (κ3) is 5.48. The number of ether oxygens (including phenoxy) is 1. The van der Waals surface area contributed by atoms with Crippen LogP contribution >= 0.6 is 11.6 Å². The minimum Gasteiger partial charge on any atom is -0.460 e. The molecule has 0 aliphatic heterocycles. The van der Waals surface area contributed by atoms with Gasteiger partial charge in [-0.15, -0.1) is 0 Å². The van der Waals surface area contributed by atoms with Crippen LogP contribution in [0.3, 0.4) is 0 Å². The predicted molar refractivity (Wildman–Crippen MR) is 91.2 cm³/mol. The van der Waals surface area contributed by atoms with Crippen molar-refractivity contribution in [2.75, 3.05) is 19.8 Å². The molecule has 1 aromatic heterocycles. The molecule has 2 rings (SSSR count). The van der Waals surface area contributed by atoms with E-state index in [-0.39, 0.29) is 0 Å². The molecule has 2 aromatic rings. The first-order valence-electron chi connectivity index (χ1n) is 7.93. The highest BCUT2D eigenvalue weighted by atomic mass is 35.5. The van der Waals surface area contributed by atoms with Crippen molar-refractivity contribution < 1.29 is 9.15 Å². The van der Waals surface area contributed by atoms with Crippen molar-refractivity contribution in [3.05, 3.63) is 47.2 Å². The topological polar surface area (TPSA) is 34.4 Å². The summed E-state index contributed by atoms with van der Waals surface area (Å²) in [6.45, 7) is 5.50. The van der Waals surface area contributed by atoms with Gasteiger partial charge >= 0.3 is 0 Å². The van der Waals surface area contributed by atoms with E-state index in [4.69, 9.17) is 20.8 Å². The summed E-state index contributed by atoms with van der Waals surface area (Å²) in [7, 11) is 0. The van der Waals surface area contributed by atoms with Crippen LogP contribution in [0.5, 0.6) is 0 Å². The molecule has 1 aromatic carbocycles. The van der Waals surface area contributed by atoms with Crippen LogP contribution in [0.4, 0.5) is 0 Å². The van der Waals surface area contributed by atoms with Gasteiger partial charge in [-0.05, 0) is 43.7 Å². The van der Waals surface area contributed by atoms with Gasteiger partial charge in [0, 0.05) is 18.8 Å². The van der Waals surface area contributed by atoms with Crippen LogP contribution in [0, 0.1) is 0 Å². The van der Waals surface area contributed by atoms with Crippen LogP contribution in [0.25, 0.3) is 11.3 Å². The van der Waals surface area contributed by atoms with Crippen molar-refractivity contribution in [3.8, 4) is 11.3 Å². The molecule has 0 atom stereocenters. The Hall–Kier alpha value is -1.29. The smallest absolute Gasteiger partial charge is 0.135 e. The maximum Gasteiger partial charge on any atom is 0.135 e. The summed E-state index contributed by atoms with van der Waals surface area (Å²) in [5, 5.41) is 4.07. The molecule has 4 heteroatoms. The van der Waals surface area contributed by atoms with Gasteiger partial charge in [0.2, 0.25) is 0 Å². The zero-order chi connectivity index (χ0) is 15.6. The predicted octanol–water partition coefficient (Wildman–Crippen LogP) is 4.90. The molecular formula is C18H24ClNO2. The summed E-state index contributed by atoms with van der Waals surface area (Å²) < 4.78 is 11.4. The maximum atomic E-state index is 6.18. The number of nitrogens with one attached hydrogen (secondary N) is 1. The van der Waals surface area contributed by atoms with Gasteiger partial charge in [-0.1, -0.05) is 37.1 Å². The summed E-state index contributed by atoms with van der Waals surface area (Å²) in [6.07, 6.45) is 3.34. The molecule has 1 N–H and O–H groups in total. The Morgan fingerprint density at radius 3 is 2.73 bits per heavy atom. The van der Waals surface area contributed by atoms with E-state index in [1.807, 2.05) is 36.4 Å². The standard InChI is InChI=1S/C18H24ClNO2/c1-2-3-12-21-13-6-11-20-14-15-9-10-18(22-15)16-7-4-5-8-17(16)19/h4-5,7-10,20H,2-3,6,11-14H2,1H3. The van der Waals surface area contributed by atoms with Gasteiger partial charge < -0.3 is 14.5 Å². The first kappa shape index (κ1) is 17.1. The number of hydrogen-bond donors (Lipinski definition) is 1. The fourth-order valence-corrected chi connectivity index (χ4v) is 2.37. The fourth-order valence-electron chi connectivity index (χ4n) is 2.14. The molecular weight excluding hydrogens is 298 g/mol. The molecule has 0 bridgehead atoms. The Labute approximate surface area is 137 Å². The molecule has 0 spiro atoms. The van der Waals surface area contributed by atoms with Gasteiger partial charge in [0.15, 0.2) is 0 Å². The molecule has 0 radical (unpaired) electrons. The van der Waals surface area contributed by atoms with Crippen molar-refractivity contribution in [3.63, 3.8) is 0 Å². The van der Waals surface area contributed by atoms with Crippen molar-refractivity contribution >= 4 is 11.6 Å². The first-order valence-corrected chi connectivity index (χ1v) is 8.31. The molecule has 0 amide bonds. The van der Waals surface area contributed by atoms with Crippen molar-refractivity contribution in [2.45, 2.75) is 32.7 Å². The van der Waals surface area contributed by atoms with Gasteiger partial charge in [0.05, 0.1) is 11.6 Å². The van der Waals surface area contributed by atoms with Crippen molar-refractivity contribution in [1.82, 2.24) is 5.32 Å². The summed E-state index contributed by atoms with van der Waals surface area (Å²) in [5.41, 5.74) is 0.930. The van der Waals surface area contributed by atoms with Gasteiger partial charge in [-0.3, -0.25) is 0 Å². The second-order valence-electron chi connectivity index (χ2n) is 5.24. The van der Waals surface area contributed by atoms with Crippen LogP contribution < -0.4 is 5.32 Å². The highest BCUT2D eigenvalue weighted by Gasteiger charge is 2.07. The molecule has 120 valence electrons. The SMILES string of the molecule is CCCCOCCCNCc1ccc(-c2ccccc2Cl)o1. The van der Waals surface area contributed by atoms with Gasteiger partial charge in [-0.2, -0.15) is 0 Å². The first-order chi connectivity index (χ1) is 10.8. The van der Waals surface area contributed by atoms with Crippen molar-refractivity contribution in [2.24, 2.45) is 0 Å². The lowest BCUT2D eigenvalue weighted by Gasteiger charge is -2.04. The third-order valence-electron chi connectivity index (χ3n) is 3.38. The number of halogens is 1. The average molecular weight is 322 g/mol. The third-order valence-corrected chi connectivity index (χ3v) is 3.71. The van der Waals surface area contributed by atoms with E-state index in [0.29, 0.717) is 5.02 Å². The van der Waals surface area contributed by atoms with E-state index in [1.165, 1.54) is 6.42 Å². The number of unbranched alkanes of at least 4 members (excludes halogenated alkanes) is 1. The van der Waals surface area contributed by atoms with E-state index in [2.05, 4.69) is 12.2 Å². The van der Waals surface area contributed by atoms with E-state index in [0.717, 1.165) is 56.2 Å². The normalized spacial score (nSPS) is 11.0. The number of furan rings is 1. The molecule has 0 aliphatic carbocycles. The molecule has 0 fully saturated rings. The Kier molecular flexibility index (Phi) is 7.50. The highest BCUT2D eigenvalue weighted by Crippen LogP contribution is 2.28. The Morgan fingerprint density at radius 1 is 1.09 bits per heavy atom. The molecule has 0 saturated carbocycles. The lowest BCUT2D eigenvalue weighted by Crippen LogP contribution is -2.16. The van der Waals surface area contributed by atoms with Crippen LogP contribution in [-0.2, 0) is 11.3 Å². The van der Waals surface area contributed by atoms with Gasteiger partial charge in [0.25, 0.3) is 0 Å². The molecule has 0 saturated heterocycles. The van der Waals surface area contributed by atoms with Crippen LogP contribution in [0.15, 0.2) is 40.8 Å². The molecule has 0 aliphatic rings. The largest absolute Gasteiger partial charge is 0.460 e. The number of benzene rings is 1. The van der Waals surface area contributed by atoms with Crippen LogP contribution in [-0.4, -0.2) is 19.8 Å². The van der Waals surface area contributed by atoms with Gasteiger partial charge in [0.1, 0.15) is 11.5 Å². The second-order valence-corrected chi connectivity index (χ2v) is 5.65. The molecule has 0 unspecified atom stereocenters. The lowest BCUT2D eigenvalue weighted by molar-refractivity contribution is 0.128. The fraction of sp³-hybridized carbons (Fsp3) is 0.444. The molecule has 1 heterocycles. The average Bonchev–Trinajstić information content (AvgIpc) is 2.99. The van der Waals surface area contributed by atoms with Crippen molar-refractivity contribution in [1.29, 1.82) is 0 Å². The number of hydrogen-bond acceptors (Lipinski definition) is 3. The Balaban J connectivity index is 1.69. The maximum absolute atomic E-state index is 6.18. The second kappa shape index (κ2) is 9.67. The summed E-state index contributed by atoms with van der Waals surface area (Å²) in [5.74, 6) is 1.73. The summed E-state index contributed by atoms with van der Waals surface area (Å²) in [4.78, 5) is 0. The van der Waals surface area contributed by atoms with E-state index >= 15 is 0 Å². The minimum absolute atomic E-state index is 0.709. The van der Waals surface area contributed by atoms with E-state index < -0.39 is 0 Å². The summed E-state index contributed by atoms with van der Waals surface area (Å²) in [6, 6.07) is 11.7. The Morgan fingerprint density at radius 2 is 1.91 bits per heavy atom. The number of rotatable bonds is 10. The molecule has 22 heavy (non-hydrogen) atoms. The van der Waals surface area contributed by atoms with Crippen LogP contribution in [0.1, 0.15) is 31.9 Å². The van der Waals surface area contributed by atoms with Crippen LogP contribution in [0.2, 0.25) is 5.02 Å². The highest BCUT2D eigenvalue weighted by molar-refractivity contribution is 6.33. The monoisotopic (exact) mass is 321 g/mol. The molecule has 3 nitrogen and oxygen atoms in total. The van der Waals surface area contributed by atoms with E-state index in [9.17, 15) is 0 Å². The quantitative estimate of drug-likeness (QED) is 0.632. The zero-order valence-corrected chi connectivity index (χ0v) is 13.9. The lowest BCUT2D eigenvalue weighted by atomic mass is 10.2. The Bertz CT molecular complexity index is 554. The zero-order valence-electron chi connectivity index (χ0n) is 13.1. The van der Waals surface area contributed by atoms with Gasteiger partial charge in [-0.25, -0.2) is 0 Å². The minimum atomic E-state index is 0.709. The summed E-state index contributed by atoms with van der Waals surface area (Å²) >= 11 is 6.18.